The molecule has 0 aromatic rings. The maximum atomic E-state index is 3.78. The third-order valence-electron chi connectivity index (χ3n) is 2.33. The van der Waals surface area contributed by atoms with Crippen LogP contribution in [0.3, 0.4) is 0 Å². The standard InChI is InChI=1S/C14H28N2/c1-7-9-16(10-8-2)12-13(3)11-15-14(4,5)6/h7-8,13,15H,1-2,9-12H2,3-6H3. The van der Waals surface area contributed by atoms with Crippen molar-refractivity contribution in [3.8, 4) is 0 Å². The molecule has 0 heterocycles. The molecule has 0 spiro atoms. The predicted octanol–water partition coefficient (Wildman–Crippen LogP) is 2.68. The van der Waals surface area contributed by atoms with E-state index < -0.39 is 0 Å². The zero-order valence-corrected chi connectivity index (χ0v) is 11.4. The topological polar surface area (TPSA) is 15.3 Å². The van der Waals surface area contributed by atoms with Crippen molar-refractivity contribution < 1.29 is 0 Å². The number of rotatable bonds is 8. The van der Waals surface area contributed by atoms with Gasteiger partial charge in [0.2, 0.25) is 0 Å². The number of hydrogen-bond donors (Lipinski definition) is 1. The van der Waals surface area contributed by atoms with Crippen molar-refractivity contribution >= 4 is 0 Å². The number of hydrogen-bond acceptors (Lipinski definition) is 2. The quantitative estimate of drug-likeness (QED) is 0.638. The van der Waals surface area contributed by atoms with Crippen molar-refractivity contribution in [1.82, 2.24) is 10.2 Å². The molecule has 0 aromatic carbocycles. The van der Waals surface area contributed by atoms with E-state index in [2.05, 4.69) is 51.1 Å². The third-order valence-corrected chi connectivity index (χ3v) is 2.33. The van der Waals surface area contributed by atoms with Crippen LogP contribution in [-0.2, 0) is 0 Å². The summed E-state index contributed by atoms with van der Waals surface area (Å²) in [6.07, 6.45) is 3.90. The second-order valence-corrected chi connectivity index (χ2v) is 5.53. The maximum Gasteiger partial charge on any atom is 0.0164 e. The van der Waals surface area contributed by atoms with Gasteiger partial charge in [-0.1, -0.05) is 19.1 Å². The molecule has 16 heavy (non-hydrogen) atoms. The molecule has 0 aliphatic heterocycles. The zero-order valence-electron chi connectivity index (χ0n) is 11.4. The smallest absolute Gasteiger partial charge is 0.0164 e. The van der Waals surface area contributed by atoms with Gasteiger partial charge in [-0.2, -0.15) is 0 Å². The lowest BCUT2D eigenvalue weighted by Crippen LogP contribution is -2.41. The Morgan fingerprint density at radius 1 is 1.19 bits per heavy atom. The SMILES string of the molecule is C=CCN(CC=C)CC(C)CNC(C)(C)C. The first-order valence-corrected chi connectivity index (χ1v) is 6.08. The summed E-state index contributed by atoms with van der Waals surface area (Å²) in [5.74, 6) is 0.638. The molecular formula is C14H28N2. The molecule has 0 bridgehead atoms. The van der Waals surface area contributed by atoms with Crippen molar-refractivity contribution in [2.45, 2.75) is 33.2 Å². The largest absolute Gasteiger partial charge is 0.312 e. The van der Waals surface area contributed by atoms with Gasteiger partial charge in [-0.15, -0.1) is 13.2 Å². The lowest BCUT2D eigenvalue weighted by molar-refractivity contribution is 0.267. The summed E-state index contributed by atoms with van der Waals surface area (Å²) in [5, 5.41) is 3.53. The minimum absolute atomic E-state index is 0.204. The average molecular weight is 224 g/mol. The summed E-state index contributed by atoms with van der Waals surface area (Å²) in [7, 11) is 0. The van der Waals surface area contributed by atoms with E-state index in [-0.39, 0.29) is 5.54 Å². The van der Waals surface area contributed by atoms with E-state index in [0.717, 1.165) is 26.2 Å². The lowest BCUT2D eigenvalue weighted by Gasteiger charge is -2.27. The van der Waals surface area contributed by atoms with E-state index in [9.17, 15) is 0 Å². The fourth-order valence-corrected chi connectivity index (χ4v) is 1.57. The van der Waals surface area contributed by atoms with E-state index in [0.29, 0.717) is 5.92 Å². The monoisotopic (exact) mass is 224 g/mol. The van der Waals surface area contributed by atoms with Crippen LogP contribution in [0.2, 0.25) is 0 Å². The van der Waals surface area contributed by atoms with E-state index in [4.69, 9.17) is 0 Å². The van der Waals surface area contributed by atoms with Crippen LogP contribution in [0.25, 0.3) is 0 Å². The van der Waals surface area contributed by atoms with Gasteiger partial charge in [-0.25, -0.2) is 0 Å². The lowest BCUT2D eigenvalue weighted by atomic mass is 10.1. The Hall–Kier alpha value is -0.600. The average Bonchev–Trinajstić information content (AvgIpc) is 2.14. The zero-order chi connectivity index (χ0) is 12.6. The van der Waals surface area contributed by atoms with Gasteiger partial charge in [-0.05, 0) is 33.2 Å². The van der Waals surface area contributed by atoms with Gasteiger partial charge in [0.1, 0.15) is 0 Å². The van der Waals surface area contributed by atoms with Gasteiger partial charge in [0, 0.05) is 25.2 Å². The van der Waals surface area contributed by atoms with Crippen molar-refractivity contribution in [2.75, 3.05) is 26.2 Å². The van der Waals surface area contributed by atoms with Gasteiger partial charge in [0.15, 0.2) is 0 Å². The minimum atomic E-state index is 0.204. The van der Waals surface area contributed by atoms with E-state index >= 15 is 0 Å². The molecule has 2 heteroatoms. The molecule has 1 N–H and O–H groups in total. The van der Waals surface area contributed by atoms with Gasteiger partial charge in [0.05, 0.1) is 0 Å². The molecule has 0 saturated carbocycles. The van der Waals surface area contributed by atoms with Gasteiger partial charge < -0.3 is 5.32 Å². The molecule has 0 aliphatic rings. The molecule has 1 unspecified atom stereocenters. The highest BCUT2D eigenvalue weighted by atomic mass is 15.1. The van der Waals surface area contributed by atoms with Crippen LogP contribution in [0, 0.1) is 5.92 Å². The second kappa shape index (κ2) is 7.64. The van der Waals surface area contributed by atoms with Crippen LogP contribution < -0.4 is 5.32 Å². The first-order chi connectivity index (χ1) is 7.39. The highest BCUT2D eigenvalue weighted by Gasteiger charge is 2.12. The van der Waals surface area contributed by atoms with Crippen LogP contribution in [0.15, 0.2) is 25.3 Å². The van der Waals surface area contributed by atoms with Gasteiger partial charge in [0.25, 0.3) is 0 Å². The third kappa shape index (κ3) is 8.69. The summed E-state index contributed by atoms with van der Waals surface area (Å²) in [6.45, 7) is 20.4. The maximum absolute atomic E-state index is 3.78. The normalized spacial score (nSPS) is 13.8. The molecule has 0 rings (SSSR count). The van der Waals surface area contributed by atoms with Crippen LogP contribution in [0.5, 0.6) is 0 Å². The summed E-state index contributed by atoms with van der Waals surface area (Å²) in [6, 6.07) is 0. The minimum Gasteiger partial charge on any atom is -0.312 e. The fraction of sp³-hybridized carbons (Fsp3) is 0.714. The number of nitrogens with one attached hydrogen (secondary N) is 1. The molecule has 0 fully saturated rings. The van der Waals surface area contributed by atoms with Crippen molar-refractivity contribution in [3.05, 3.63) is 25.3 Å². The molecule has 1 atom stereocenters. The van der Waals surface area contributed by atoms with E-state index in [1.807, 2.05) is 12.2 Å². The van der Waals surface area contributed by atoms with Crippen molar-refractivity contribution in [1.29, 1.82) is 0 Å². The molecule has 0 radical (unpaired) electrons. The Bertz CT molecular complexity index is 193. The Morgan fingerprint density at radius 3 is 2.06 bits per heavy atom. The molecule has 0 aromatic heterocycles. The van der Waals surface area contributed by atoms with Crippen molar-refractivity contribution in [3.63, 3.8) is 0 Å². The summed E-state index contributed by atoms with van der Waals surface area (Å²) >= 11 is 0. The van der Waals surface area contributed by atoms with Crippen LogP contribution >= 0.6 is 0 Å². The van der Waals surface area contributed by atoms with Gasteiger partial charge in [-0.3, -0.25) is 4.90 Å². The molecule has 0 saturated heterocycles. The molecule has 0 aliphatic carbocycles. The fourth-order valence-electron chi connectivity index (χ4n) is 1.57. The van der Waals surface area contributed by atoms with Crippen LogP contribution in [0.4, 0.5) is 0 Å². The predicted molar refractivity (Wildman–Crippen MR) is 73.8 cm³/mol. The first kappa shape index (κ1) is 15.4. The second-order valence-electron chi connectivity index (χ2n) is 5.53. The summed E-state index contributed by atoms with van der Waals surface area (Å²) in [5.41, 5.74) is 0.204. The Labute approximate surface area is 101 Å². The highest BCUT2D eigenvalue weighted by Crippen LogP contribution is 2.03. The molecule has 94 valence electrons. The number of nitrogens with zero attached hydrogens (tertiary/aromatic N) is 1. The van der Waals surface area contributed by atoms with Crippen molar-refractivity contribution in [2.24, 2.45) is 5.92 Å². The first-order valence-electron chi connectivity index (χ1n) is 6.08. The molecule has 2 nitrogen and oxygen atoms in total. The van der Waals surface area contributed by atoms with E-state index in [1.54, 1.807) is 0 Å². The van der Waals surface area contributed by atoms with Gasteiger partial charge >= 0.3 is 0 Å². The summed E-state index contributed by atoms with van der Waals surface area (Å²) < 4.78 is 0. The molecule has 0 amide bonds. The highest BCUT2D eigenvalue weighted by molar-refractivity contribution is 4.81. The Balaban J connectivity index is 3.93. The molecular weight excluding hydrogens is 196 g/mol. The Morgan fingerprint density at radius 2 is 1.69 bits per heavy atom. The Kier molecular flexibility index (Phi) is 7.35. The van der Waals surface area contributed by atoms with E-state index in [1.165, 1.54) is 0 Å². The summed E-state index contributed by atoms with van der Waals surface area (Å²) in [4.78, 5) is 2.36. The van der Waals surface area contributed by atoms with Crippen LogP contribution in [0.1, 0.15) is 27.7 Å². The van der Waals surface area contributed by atoms with Crippen LogP contribution in [-0.4, -0.2) is 36.6 Å².